The number of aryl methyl sites for hydroxylation is 1. The van der Waals surface area contributed by atoms with E-state index in [9.17, 15) is 0 Å². The first-order valence-electron chi connectivity index (χ1n) is 3.70. The molecular weight excluding hydrogens is 268 g/mol. The summed E-state index contributed by atoms with van der Waals surface area (Å²) in [6, 6.07) is 6.53. The van der Waals surface area contributed by atoms with Gasteiger partial charge in [0.05, 0.1) is 0 Å². The maximum atomic E-state index is 3.65. The molecule has 0 aromatic heterocycles. The van der Waals surface area contributed by atoms with Crippen molar-refractivity contribution in [1.29, 1.82) is 0 Å². The SMILES string of the molecule is Brc1ccc2c(c1)CCC2Br. The summed E-state index contributed by atoms with van der Waals surface area (Å²) in [5, 5.41) is 0. The fraction of sp³-hybridized carbons (Fsp3) is 0.333. The van der Waals surface area contributed by atoms with E-state index in [1.807, 2.05) is 0 Å². The zero-order valence-corrected chi connectivity index (χ0v) is 9.15. The van der Waals surface area contributed by atoms with Gasteiger partial charge in [0.1, 0.15) is 0 Å². The fourth-order valence-corrected chi connectivity index (χ4v) is 2.62. The summed E-state index contributed by atoms with van der Waals surface area (Å²) in [7, 11) is 0. The predicted octanol–water partition coefficient (Wildman–Crippen LogP) is 3.83. The number of rotatable bonds is 0. The topological polar surface area (TPSA) is 0 Å². The van der Waals surface area contributed by atoms with Gasteiger partial charge in [-0.25, -0.2) is 0 Å². The summed E-state index contributed by atoms with van der Waals surface area (Å²) in [4.78, 5) is 0.589. The van der Waals surface area contributed by atoms with Crippen LogP contribution in [0, 0.1) is 0 Å². The third-order valence-electron chi connectivity index (χ3n) is 2.11. The monoisotopic (exact) mass is 274 g/mol. The zero-order valence-electron chi connectivity index (χ0n) is 5.98. The second-order valence-electron chi connectivity index (χ2n) is 2.85. The first-order chi connectivity index (χ1) is 5.27. The van der Waals surface area contributed by atoms with Gasteiger partial charge in [0, 0.05) is 9.30 Å². The highest BCUT2D eigenvalue weighted by atomic mass is 79.9. The first-order valence-corrected chi connectivity index (χ1v) is 5.40. The minimum absolute atomic E-state index is 0.589. The lowest BCUT2D eigenvalue weighted by molar-refractivity contribution is 0.903. The Kier molecular flexibility index (Phi) is 2.06. The molecule has 0 saturated heterocycles. The lowest BCUT2D eigenvalue weighted by Gasteiger charge is -2.01. The molecular formula is C9H8Br2. The van der Waals surface area contributed by atoms with Gasteiger partial charge in [-0.3, -0.25) is 0 Å². The highest BCUT2D eigenvalue weighted by Gasteiger charge is 2.19. The molecule has 0 amide bonds. The molecule has 0 spiro atoms. The third-order valence-corrected chi connectivity index (χ3v) is 3.55. The maximum absolute atomic E-state index is 3.65. The molecule has 0 nitrogen and oxygen atoms in total. The molecule has 1 aliphatic carbocycles. The van der Waals surface area contributed by atoms with E-state index < -0.39 is 0 Å². The molecule has 0 N–H and O–H groups in total. The Morgan fingerprint density at radius 2 is 2.18 bits per heavy atom. The summed E-state index contributed by atoms with van der Waals surface area (Å²) in [6.45, 7) is 0. The van der Waals surface area contributed by atoms with E-state index >= 15 is 0 Å². The Hall–Kier alpha value is 0.180. The van der Waals surface area contributed by atoms with Gasteiger partial charge in [0.15, 0.2) is 0 Å². The highest BCUT2D eigenvalue weighted by Crippen LogP contribution is 2.38. The van der Waals surface area contributed by atoms with Crippen molar-refractivity contribution >= 4 is 31.9 Å². The number of benzene rings is 1. The Morgan fingerprint density at radius 1 is 1.36 bits per heavy atom. The van der Waals surface area contributed by atoms with Crippen LogP contribution in [0.1, 0.15) is 22.4 Å². The van der Waals surface area contributed by atoms with Crippen molar-refractivity contribution in [2.24, 2.45) is 0 Å². The van der Waals surface area contributed by atoms with Crippen LogP contribution < -0.4 is 0 Å². The molecule has 2 rings (SSSR count). The third kappa shape index (κ3) is 1.38. The first kappa shape index (κ1) is 7.81. The molecule has 0 saturated carbocycles. The van der Waals surface area contributed by atoms with Gasteiger partial charge < -0.3 is 0 Å². The predicted molar refractivity (Wildman–Crippen MR) is 54.1 cm³/mol. The molecule has 11 heavy (non-hydrogen) atoms. The van der Waals surface area contributed by atoms with Gasteiger partial charge >= 0.3 is 0 Å². The number of hydrogen-bond donors (Lipinski definition) is 0. The summed E-state index contributed by atoms with van der Waals surface area (Å²) in [6.07, 6.45) is 2.45. The molecule has 0 bridgehead atoms. The highest BCUT2D eigenvalue weighted by molar-refractivity contribution is 9.10. The van der Waals surface area contributed by atoms with Crippen LogP contribution in [0.4, 0.5) is 0 Å². The van der Waals surface area contributed by atoms with Crippen molar-refractivity contribution in [3.63, 3.8) is 0 Å². The Bertz CT molecular complexity index is 281. The molecule has 1 atom stereocenters. The van der Waals surface area contributed by atoms with E-state index in [-0.39, 0.29) is 0 Å². The molecule has 0 heterocycles. The summed E-state index contributed by atoms with van der Waals surface area (Å²) in [5.74, 6) is 0. The minimum Gasteiger partial charge on any atom is -0.0839 e. The molecule has 0 aliphatic heterocycles. The molecule has 1 aromatic rings. The second kappa shape index (κ2) is 2.91. The van der Waals surface area contributed by atoms with Gasteiger partial charge in [-0.05, 0) is 36.1 Å². The fourth-order valence-electron chi connectivity index (χ4n) is 1.53. The summed E-state index contributed by atoms with van der Waals surface area (Å²) < 4.78 is 1.19. The van der Waals surface area contributed by atoms with Crippen molar-refractivity contribution in [2.45, 2.75) is 17.7 Å². The quantitative estimate of drug-likeness (QED) is 0.632. The van der Waals surface area contributed by atoms with Gasteiger partial charge in [-0.1, -0.05) is 37.9 Å². The summed E-state index contributed by atoms with van der Waals surface area (Å²) in [5.41, 5.74) is 2.95. The number of halogens is 2. The van der Waals surface area contributed by atoms with E-state index in [0.29, 0.717) is 4.83 Å². The molecule has 2 heteroatoms. The van der Waals surface area contributed by atoms with Crippen molar-refractivity contribution in [1.82, 2.24) is 0 Å². The lowest BCUT2D eigenvalue weighted by Crippen LogP contribution is -1.81. The second-order valence-corrected chi connectivity index (χ2v) is 4.87. The Labute approximate surface area is 83.3 Å². The van der Waals surface area contributed by atoms with E-state index in [1.54, 1.807) is 0 Å². The van der Waals surface area contributed by atoms with Crippen LogP contribution in [0.2, 0.25) is 0 Å². The normalized spacial score (nSPS) is 21.8. The van der Waals surface area contributed by atoms with Crippen molar-refractivity contribution in [3.8, 4) is 0 Å². The van der Waals surface area contributed by atoms with Crippen LogP contribution in [0.5, 0.6) is 0 Å². The number of alkyl halides is 1. The average molecular weight is 276 g/mol. The average Bonchev–Trinajstić information content (AvgIpc) is 2.32. The van der Waals surface area contributed by atoms with E-state index in [0.717, 1.165) is 0 Å². The number of fused-ring (bicyclic) bond motifs is 1. The Balaban J connectivity index is 2.50. The summed E-state index contributed by atoms with van der Waals surface area (Å²) >= 11 is 7.12. The zero-order chi connectivity index (χ0) is 7.84. The van der Waals surface area contributed by atoms with Crippen molar-refractivity contribution in [3.05, 3.63) is 33.8 Å². The molecule has 1 aliphatic rings. The van der Waals surface area contributed by atoms with E-state index in [2.05, 4.69) is 50.1 Å². The minimum atomic E-state index is 0.589. The van der Waals surface area contributed by atoms with Gasteiger partial charge in [0.2, 0.25) is 0 Å². The number of hydrogen-bond acceptors (Lipinski definition) is 0. The molecule has 0 fully saturated rings. The van der Waals surface area contributed by atoms with Crippen molar-refractivity contribution in [2.75, 3.05) is 0 Å². The molecule has 1 aromatic carbocycles. The maximum Gasteiger partial charge on any atom is 0.0401 e. The van der Waals surface area contributed by atoms with Crippen molar-refractivity contribution < 1.29 is 0 Å². The van der Waals surface area contributed by atoms with Crippen LogP contribution in [0.25, 0.3) is 0 Å². The van der Waals surface area contributed by atoms with Gasteiger partial charge in [0.25, 0.3) is 0 Å². The van der Waals surface area contributed by atoms with E-state index in [4.69, 9.17) is 0 Å². The largest absolute Gasteiger partial charge is 0.0839 e. The molecule has 0 radical (unpaired) electrons. The van der Waals surface area contributed by atoms with Gasteiger partial charge in [-0.2, -0.15) is 0 Å². The van der Waals surface area contributed by atoms with Crippen LogP contribution in [0.3, 0.4) is 0 Å². The lowest BCUT2D eigenvalue weighted by atomic mass is 10.1. The molecule has 1 unspecified atom stereocenters. The van der Waals surface area contributed by atoms with E-state index in [1.165, 1.54) is 28.4 Å². The van der Waals surface area contributed by atoms with Crippen LogP contribution in [-0.2, 0) is 6.42 Å². The van der Waals surface area contributed by atoms with Gasteiger partial charge in [-0.15, -0.1) is 0 Å². The smallest absolute Gasteiger partial charge is 0.0401 e. The van der Waals surface area contributed by atoms with Crippen LogP contribution in [-0.4, -0.2) is 0 Å². The Morgan fingerprint density at radius 3 is 3.00 bits per heavy atom. The molecule has 58 valence electrons. The van der Waals surface area contributed by atoms with Crippen LogP contribution >= 0.6 is 31.9 Å². The van der Waals surface area contributed by atoms with Crippen LogP contribution in [0.15, 0.2) is 22.7 Å². The standard InChI is InChI=1S/C9H8Br2/c10-7-2-3-8-6(5-7)1-4-9(8)11/h2-3,5,9H,1,4H2.